The van der Waals surface area contributed by atoms with Crippen LogP contribution in [0, 0.1) is 6.92 Å². The summed E-state index contributed by atoms with van der Waals surface area (Å²) < 4.78 is 0. The third-order valence-corrected chi connectivity index (χ3v) is 1.96. The van der Waals surface area contributed by atoms with Crippen molar-refractivity contribution in [2.75, 3.05) is 0 Å². The molecule has 0 amide bonds. The molecule has 0 saturated heterocycles. The number of Topliss-reactive ketones (excluding diaryl/α,β-unsaturated/α-hetero) is 1. The maximum Gasteiger partial charge on any atom is 0.163 e. The van der Waals surface area contributed by atoms with E-state index in [4.69, 9.17) is 0 Å². The van der Waals surface area contributed by atoms with Crippen LogP contribution in [0.3, 0.4) is 0 Å². The van der Waals surface area contributed by atoms with Gasteiger partial charge in [-0.05, 0) is 13.0 Å². The van der Waals surface area contributed by atoms with Crippen molar-refractivity contribution in [2.45, 2.75) is 20.3 Å². The maximum absolute atomic E-state index is 11.3. The summed E-state index contributed by atoms with van der Waals surface area (Å²) in [6, 6.07) is 5.29. The minimum atomic E-state index is 0.0158. The lowest BCUT2D eigenvalue weighted by Gasteiger charge is -2.02. The standard InChI is InChI=1S/C11H12O2/c1-3-11(13)10-5-4-8(2)6-9(10)7-12/h4-7H,3H2,1-2H3. The quantitative estimate of drug-likeness (QED) is 0.523. The van der Waals surface area contributed by atoms with Gasteiger partial charge in [-0.1, -0.05) is 24.6 Å². The number of hydrogen-bond acceptors (Lipinski definition) is 2. The van der Waals surface area contributed by atoms with E-state index in [0.29, 0.717) is 17.5 Å². The minimum Gasteiger partial charge on any atom is -0.298 e. The normalized spacial score (nSPS) is 9.69. The number of rotatable bonds is 3. The van der Waals surface area contributed by atoms with E-state index in [1.807, 2.05) is 13.0 Å². The number of carbonyl (C=O) groups excluding carboxylic acids is 2. The zero-order valence-corrected chi connectivity index (χ0v) is 7.83. The van der Waals surface area contributed by atoms with E-state index < -0.39 is 0 Å². The molecule has 2 nitrogen and oxygen atoms in total. The molecule has 2 heteroatoms. The second-order valence-corrected chi connectivity index (χ2v) is 2.99. The Morgan fingerprint density at radius 2 is 2.15 bits per heavy atom. The number of benzene rings is 1. The SMILES string of the molecule is CCC(=O)c1ccc(C)cc1C=O. The van der Waals surface area contributed by atoms with Crippen LogP contribution in [0.15, 0.2) is 18.2 Å². The van der Waals surface area contributed by atoms with Gasteiger partial charge < -0.3 is 0 Å². The van der Waals surface area contributed by atoms with Crippen LogP contribution in [0.1, 0.15) is 39.6 Å². The molecule has 0 unspecified atom stereocenters. The number of aldehydes is 1. The van der Waals surface area contributed by atoms with E-state index in [9.17, 15) is 9.59 Å². The summed E-state index contributed by atoms with van der Waals surface area (Å²) in [5.41, 5.74) is 2.02. The van der Waals surface area contributed by atoms with Crippen LogP contribution < -0.4 is 0 Å². The lowest BCUT2D eigenvalue weighted by atomic mass is 10.0. The number of carbonyl (C=O) groups is 2. The molecule has 13 heavy (non-hydrogen) atoms. The first kappa shape index (κ1) is 9.65. The Hall–Kier alpha value is -1.44. The largest absolute Gasteiger partial charge is 0.298 e. The van der Waals surface area contributed by atoms with Crippen LogP contribution in [0.5, 0.6) is 0 Å². The molecule has 0 saturated carbocycles. The Morgan fingerprint density at radius 1 is 1.46 bits per heavy atom. The molecule has 1 rings (SSSR count). The van der Waals surface area contributed by atoms with E-state index in [0.717, 1.165) is 11.8 Å². The fourth-order valence-corrected chi connectivity index (χ4v) is 1.22. The number of hydrogen-bond donors (Lipinski definition) is 0. The molecule has 0 fully saturated rings. The highest BCUT2D eigenvalue weighted by Crippen LogP contribution is 2.11. The van der Waals surface area contributed by atoms with E-state index in [2.05, 4.69) is 0 Å². The third-order valence-electron chi connectivity index (χ3n) is 1.96. The lowest BCUT2D eigenvalue weighted by Crippen LogP contribution is -2.01. The van der Waals surface area contributed by atoms with Crippen LogP contribution in [-0.4, -0.2) is 12.1 Å². The molecule has 0 spiro atoms. The Morgan fingerprint density at radius 3 is 2.69 bits per heavy atom. The molecule has 0 aliphatic rings. The smallest absolute Gasteiger partial charge is 0.163 e. The monoisotopic (exact) mass is 176 g/mol. The van der Waals surface area contributed by atoms with Gasteiger partial charge in [0.2, 0.25) is 0 Å². The molecule has 0 bridgehead atoms. The molecule has 0 aliphatic carbocycles. The molecule has 0 heterocycles. The van der Waals surface area contributed by atoms with E-state index in [1.54, 1.807) is 19.1 Å². The van der Waals surface area contributed by atoms with Crippen molar-refractivity contribution in [1.29, 1.82) is 0 Å². The number of aryl methyl sites for hydroxylation is 1. The second kappa shape index (κ2) is 3.99. The first-order valence-electron chi connectivity index (χ1n) is 4.28. The van der Waals surface area contributed by atoms with E-state index >= 15 is 0 Å². The van der Waals surface area contributed by atoms with Crippen LogP contribution in [-0.2, 0) is 0 Å². The van der Waals surface area contributed by atoms with Crippen molar-refractivity contribution in [3.05, 3.63) is 34.9 Å². The topological polar surface area (TPSA) is 34.1 Å². The Balaban J connectivity index is 3.20. The summed E-state index contributed by atoms with van der Waals surface area (Å²) in [5, 5.41) is 0. The lowest BCUT2D eigenvalue weighted by molar-refractivity contribution is 0.0981. The molecule has 0 aromatic heterocycles. The van der Waals surface area contributed by atoms with Crippen LogP contribution >= 0.6 is 0 Å². The van der Waals surface area contributed by atoms with Gasteiger partial charge in [-0.15, -0.1) is 0 Å². The van der Waals surface area contributed by atoms with E-state index in [1.165, 1.54) is 0 Å². The fourth-order valence-electron chi connectivity index (χ4n) is 1.22. The first-order chi connectivity index (χ1) is 6.19. The summed E-state index contributed by atoms with van der Waals surface area (Å²) in [5.74, 6) is 0.0158. The highest BCUT2D eigenvalue weighted by atomic mass is 16.1. The van der Waals surface area contributed by atoms with Crippen LogP contribution in [0.25, 0.3) is 0 Å². The van der Waals surface area contributed by atoms with Crippen molar-refractivity contribution >= 4 is 12.1 Å². The summed E-state index contributed by atoms with van der Waals surface area (Å²) in [6.07, 6.45) is 1.17. The van der Waals surface area contributed by atoms with Gasteiger partial charge >= 0.3 is 0 Å². The maximum atomic E-state index is 11.3. The van der Waals surface area contributed by atoms with Gasteiger partial charge in [0.05, 0.1) is 0 Å². The third kappa shape index (κ3) is 2.02. The minimum absolute atomic E-state index is 0.0158. The average Bonchev–Trinajstić information content (AvgIpc) is 2.16. The van der Waals surface area contributed by atoms with Gasteiger partial charge in [-0.3, -0.25) is 9.59 Å². The molecule has 0 radical (unpaired) electrons. The van der Waals surface area contributed by atoms with Crippen molar-refractivity contribution in [3.8, 4) is 0 Å². The highest BCUT2D eigenvalue weighted by molar-refractivity contribution is 6.02. The van der Waals surface area contributed by atoms with Gasteiger partial charge in [-0.25, -0.2) is 0 Å². The predicted octanol–water partition coefficient (Wildman–Crippen LogP) is 2.40. The number of ketones is 1. The van der Waals surface area contributed by atoms with Gasteiger partial charge in [0.1, 0.15) is 0 Å². The Bertz CT molecular complexity index is 340. The molecular formula is C11H12O2. The molecular weight excluding hydrogens is 164 g/mol. The van der Waals surface area contributed by atoms with Crippen molar-refractivity contribution < 1.29 is 9.59 Å². The van der Waals surface area contributed by atoms with Gasteiger partial charge in [-0.2, -0.15) is 0 Å². The van der Waals surface area contributed by atoms with Crippen LogP contribution in [0.4, 0.5) is 0 Å². The second-order valence-electron chi connectivity index (χ2n) is 2.99. The molecule has 1 aromatic carbocycles. The van der Waals surface area contributed by atoms with E-state index in [-0.39, 0.29) is 5.78 Å². The van der Waals surface area contributed by atoms with Crippen molar-refractivity contribution in [3.63, 3.8) is 0 Å². The van der Waals surface area contributed by atoms with Crippen molar-refractivity contribution in [1.82, 2.24) is 0 Å². The fraction of sp³-hybridized carbons (Fsp3) is 0.273. The average molecular weight is 176 g/mol. The summed E-state index contributed by atoms with van der Waals surface area (Å²) in [7, 11) is 0. The predicted molar refractivity (Wildman–Crippen MR) is 51.2 cm³/mol. The Kier molecular flexibility index (Phi) is 2.96. The molecule has 0 aliphatic heterocycles. The molecule has 1 aromatic rings. The molecule has 0 atom stereocenters. The van der Waals surface area contributed by atoms with Crippen LogP contribution in [0.2, 0.25) is 0 Å². The van der Waals surface area contributed by atoms with Gasteiger partial charge in [0, 0.05) is 17.5 Å². The summed E-state index contributed by atoms with van der Waals surface area (Å²) in [6.45, 7) is 3.68. The highest BCUT2D eigenvalue weighted by Gasteiger charge is 2.08. The molecule has 0 N–H and O–H groups in total. The van der Waals surface area contributed by atoms with Gasteiger partial charge in [0.25, 0.3) is 0 Å². The van der Waals surface area contributed by atoms with Crippen molar-refractivity contribution in [2.24, 2.45) is 0 Å². The summed E-state index contributed by atoms with van der Waals surface area (Å²) in [4.78, 5) is 22.0. The summed E-state index contributed by atoms with van der Waals surface area (Å²) >= 11 is 0. The van der Waals surface area contributed by atoms with Gasteiger partial charge in [0.15, 0.2) is 12.1 Å². The molecule has 68 valence electrons. The Labute approximate surface area is 77.6 Å². The zero-order chi connectivity index (χ0) is 9.84. The zero-order valence-electron chi connectivity index (χ0n) is 7.83. The first-order valence-corrected chi connectivity index (χ1v) is 4.28.